The smallest absolute Gasteiger partial charge is 0.0478 e. The lowest BCUT2D eigenvalue weighted by atomic mass is 10.0. The molecule has 1 aromatic rings. The number of nitrogens with one attached hydrogen (secondary N) is 1. The second-order valence-corrected chi connectivity index (χ2v) is 4.99. The van der Waals surface area contributed by atoms with Gasteiger partial charge in [0.15, 0.2) is 0 Å². The first-order valence-electron chi connectivity index (χ1n) is 5.85. The summed E-state index contributed by atoms with van der Waals surface area (Å²) in [5, 5.41) is 3.56. The second-order valence-electron chi connectivity index (χ2n) is 4.14. The summed E-state index contributed by atoms with van der Waals surface area (Å²) >= 11 is 1.79. The van der Waals surface area contributed by atoms with Crippen LogP contribution in [-0.2, 0) is 4.74 Å². The molecule has 1 saturated heterocycles. The molecule has 1 fully saturated rings. The van der Waals surface area contributed by atoms with E-state index in [9.17, 15) is 0 Å². The van der Waals surface area contributed by atoms with Crippen LogP contribution in [0.1, 0.15) is 12.8 Å². The van der Waals surface area contributed by atoms with Gasteiger partial charge in [0.2, 0.25) is 0 Å². The molecule has 1 N–H and O–H groups in total. The fourth-order valence-corrected chi connectivity index (χ4v) is 2.57. The number of rotatable bonds is 4. The molecule has 1 aromatic carbocycles. The van der Waals surface area contributed by atoms with Crippen LogP contribution in [0.2, 0.25) is 0 Å². The van der Waals surface area contributed by atoms with E-state index in [2.05, 4.69) is 35.8 Å². The Morgan fingerprint density at radius 1 is 1.31 bits per heavy atom. The van der Waals surface area contributed by atoms with E-state index >= 15 is 0 Å². The molecular weight excluding hydrogens is 218 g/mol. The van der Waals surface area contributed by atoms with E-state index in [1.165, 1.54) is 23.4 Å². The highest BCUT2D eigenvalue weighted by atomic mass is 32.2. The van der Waals surface area contributed by atoms with Crippen molar-refractivity contribution in [3.05, 3.63) is 24.3 Å². The first-order chi connectivity index (χ1) is 7.90. The molecule has 3 heteroatoms. The normalized spacial score (nSPS) is 17.3. The predicted molar refractivity (Wildman–Crippen MR) is 70.3 cm³/mol. The van der Waals surface area contributed by atoms with Gasteiger partial charge in [-0.2, -0.15) is 0 Å². The Bertz CT molecular complexity index is 323. The summed E-state index contributed by atoms with van der Waals surface area (Å²) < 4.78 is 5.36. The highest BCUT2D eigenvalue weighted by Crippen LogP contribution is 2.25. The van der Waals surface area contributed by atoms with Crippen molar-refractivity contribution in [3.63, 3.8) is 0 Å². The molecule has 0 radical (unpaired) electrons. The van der Waals surface area contributed by atoms with Gasteiger partial charge in [-0.05, 0) is 37.1 Å². The van der Waals surface area contributed by atoms with Gasteiger partial charge in [-0.15, -0.1) is 11.8 Å². The lowest BCUT2D eigenvalue weighted by Crippen LogP contribution is -2.22. The van der Waals surface area contributed by atoms with Crippen molar-refractivity contribution in [2.45, 2.75) is 17.7 Å². The van der Waals surface area contributed by atoms with E-state index in [1.807, 2.05) is 0 Å². The van der Waals surface area contributed by atoms with E-state index < -0.39 is 0 Å². The van der Waals surface area contributed by atoms with E-state index in [-0.39, 0.29) is 0 Å². The summed E-state index contributed by atoms with van der Waals surface area (Å²) in [6.45, 7) is 2.92. The standard InChI is InChI=1S/C13H19NOS/c1-16-13-5-3-2-4-12(13)14-10-11-6-8-15-9-7-11/h2-5,11,14H,6-10H2,1H3. The molecule has 0 unspecified atom stereocenters. The maximum absolute atomic E-state index is 5.36. The fraction of sp³-hybridized carbons (Fsp3) is 0.538. The van der Waals surface area contributed by atoms with Crippen molar-refractivity contribution in [2.75, 3.05) is 31.3 Å². The number of thioether (sulfide) groups is 1. The van der Waals surface area contributed by atoms with Crippen LogP contribution in [0.5, 0.6) is 0 Å². The molecule has 0 bridgehead atoms. The van der Waals surface area contributed by atoms with Crippen LogP contribution in [0.4, 0.5) is 5.69 Å². The van der Waals surface area contributed by atoms with Crippen LogP contribution < -0.4 is 5.32 Å². The maximum atomic E-state index is 5.36. The third-order valence-corrected chi connectivity index (χ3v) is 3.82. The molecule has 1 aliphatic heterocycles. The van der Waals surface area contributed by atoms with E-state index in [0.29, 0.717) is 0 Å². The average Bonchev–Trinajstić information content (AvgIpc) is 2.38. The number of benzene rings is 1. The number of hydrogen-bond donors (Lipinski definition) is 1. The summed E-state index contributed by atoms with van der Waals surface area (Å²) in [5.74, 6) is 0.767. The third-order valence-electron chi connectivity index (χ3n) is 3.03. The molecule has 2 nitrogen and oxygen atoms in total. The first kappa shape index (κ1) is 11.8. The van der Waals surface area contributed by atoms with Crippen LogP contribution in [0.25, 0.3) is 0 Å². The predicted octanol–water partition coefficient (Wildman–Crippen LogP) is 3.25. The van der Waals surface area contributed by atoms with Gasteiger partial charge in [-0.25, -0.2) is 0 Å². The zero-order valence-corrected chi connectivity index (χ0v) is 10.6. The number of para-hydroxylation sites is 1. The Morgan fingerprint density at radius 2 is 2.06 bits per heavy atom. The van der Waals surface area contributed by atoms with Gasteiger partial charge in [0.05, 0.1) is 0 Å². The minimum atomic E-state index is 0.767. The van der Waals surface area contributed by atoms with Gasteiger partial charge in [0.1, 0.15) is 0 Å². The highest BCUT2D eigenvalue weighted by Gasteiger charge is 2.13. The van der Waals surface area contributed by atoms with E-state index in [4.69, 9.17) is 4.74 Å². The maximum Gasteiger partial charge on any atom is 0.0478 e. The largest absolute Gasteiger partial charge is 0.384 e. The Morgan fingerprint density at radius 3 is 2.81 bits per heavy atom. The Kier molecular flexibility index (Phi) is 4.55. The zero-order valence-electron chi connectivity index (χ0n) is 9.74. The monoisotopic (exact) mass is 237 g/mol. The van der Waals surface area contributed by atoms with Crippen molar-refractivity contribution >= 4 is 17.4 Å². The van der Waals surface area contributed by atoms with Crippen LogP contribution in [0, 0.1) is 5.92 Å². The number of ether oxygens (including phenoxy) is 1. The van der Waals surface area contributed by atoms with Crippen LogP contribution >= 0.6 is 11.8 Å². The van der Waals surface area contributed by atoms with Gasteiger partial charge < -0.3 is 10.1 Å². The molecule has 0 spiro atoms. The second kappa shape index (κ2) is 6.16. The fourth-order valence-electron chi connectivity index (χ4n) is 2.00. The molecule has 88 valence electrons. The quantitative estimate of drug-likeness (QED) is 0.812. The third kappa shape index (κ3) is 3.16. The molecule has 0 atom stereocenters. The molecular formula is C13H19NOS. The van der Waals surface area contributed by atoms with Crippen LogP contribution in [-0.4, -0.2) is 26.0 Å². The number of hydrogen-bond acceptors (Lipinski definition) is 3. The summed E-state index contributed by atoms with van der Waals surface area (Å²) in [5.41, 5.74) is 1.27. The van der Waals surface area contributed by atoms with Gasteiger partial charge in [-0.1, -0.05) is 12.1 Å². The lowest BCUT2D eigenvalue weighted by Gasteiger charge is -2.23. The minimum Gasteiger partial charge on any atom is -0.384 e. The number of anilines is 1. The lowest BCUT2D eigenvalue weighted by molar-refractivity contribution is 0.0699. The molecule has 0 amide bonds. The minimum absolute atomic E-state index is 0.767. The SMILES string of the molecule is CSc1ccccc1NCC1CCOCC1. The van der Waals surface area contributed by atoms with Crippen molar-refractivity contribution in [1.82, 2.24) is 0 Å². The summed E-state index contributed by atoms with van der Waals surface area (Å²) in [4.78, 5) is 1.33. The Labute approximate surface area is 102 Å². The molecule has 0 aliphatic carbocycles. The zero-order chi connectivity index (χ0) is 11.2. The Balaban J connectivity index is 1.88. The van der Waals surface area contributed by atoms with Gasteiger partial charge >= 0.3 is 0 Å². The summed E-state index contributed by atoms with van der Waals surface area (Å²) in [7, 11) is 0. The van der Waals surface area contributed by atoms with Crippen molar-refractivity contribution in [3.8, 4) is 0 Å². The van der Waals surface area contributed by atoms with Gasteiger partial charge in [0, 0.05) is 30.3 Å². The summed E-state index contributed by atoms with van der Waals surface area (Å²) in [6, 6.07) is 8.50. The van der Waals surface area contributed by atoms with E-state index in [0.717, 1.165) is 25.7 Å². The summed E-state index contributed by atoms with van der Waals surface area (Å²) in [6.07, 6.45) is 4.50. The van der Waals surface area contributed by atoms with Crippen molar-refractivity contribution in [2.24, 2.45) is 5.92 Å². The van der Waals surface area contributed by atoms with Crippen LogP contribution in [0.15, 0.2) is 29.2 Å². The molecule has 0 aromatic heterocycles. The topological polar surface area (TPSA) is 21.3 Å². The average molecular weight is 237 g/mol. The van der Waals surface area contributed by atoms with Gasteiger partial charge in [0.25, 0.3) is 0 Å². The molecule has 2 rings (SSSR count). The first-order valence-corrected chi connectivity index (χ1v) is 7.07. The van der Waals surface area contributed by atoms with Crippen LogP contribution in [0.3, 0.4) is 0 Å². The molecule has 1 heterocycles. The van der Waals surface area contributed by atoms with Gasteiger partial charge in [-0.3, -0.25) is 0 Å². The highest BCUT2D eigenvalue weighted by molar-refractivity contribution is 7.98. The Hall–Kier alpha value is -0.670. The molecule has 0 saturated carbocycles. The molecule has 16 heavy (non-hydrogen) atoms. The van der Waals surface area contributed by atoms with E-state index in [1.54, 1.807) is 11.8 Å². The van der Waals surface area contributed by atoms with Crippen molar-refractivity contribution < 1.29 is 4.74 Å². The van der Waals surface area contributed by atoms with Crippen molar-refractivity contribution in [1.29, 1.82) is 0 Å². The molecule has 1 aliphatic rings.